The van der Waals surface area contributed by atoms with Crippen molar-refractivity contribution >= 4 is 29.9 Å². The van der Waals surface area contributed by atoms with E-state index in [4.69, 9.17) is 0 Å². The Kier molecular flexibility index (Phi) is 7.16. The summed E-state index contributed by atoms with van der Waals surface area (Å²) in [5.41, 5.74) is 0. The van der Waals surface area contributed by atoms with Gasteiger partial charge in [0.1, 0.15) is 0 Å². The summed E-state index contributed by atoms with van der Waals surface area (Å²) in [6.45, 7) is 2.32. The van der Waals surface area contributed by atoms with Gasteiger partial charge in [0.15, 0.2) is 0 Å². The molecular weight excluding hydrogens is 350 g/mol. The third-order valence-corrected chi connectivity index (χ3v) is 9.80. The van der Waals surface area contributed by atoms with Crippen LogP contribution in [0.2, 0.25) is 5.32 Å². The van der Waals surface area contributed by atoms with Crippen molar-refractivity contribution in [1.29, 1.82) is 0 Å². The minimum atomic E-state index is 0.740. The fourth-order valence-electron chi connectivity index (χ4n) is 2.51. The first-order chi connectivity index (χ1) is 8.90. The molecule has 0 aliphatic heterocycles. The molecule has 0 bridgehead atoms. The van der Waals surface area contributed by atoms with Gasteiger partial charge in [0.25, 0.3) is 0 Å². The van der Waals surface area contributed by atoms with Crippen molar-refractivity contribution in [1.82, 2.24) is 0 Å². The van der Waals surface area contributed by atoms with Crippen molar-refractivity contribution in [2.75, 3.05) is 0 Å². The predicted molar refractivity (Wildman–Crippen MR) is 83.3 cm³/mol. The second-order valence-corrected chi connectivity index (χ2v) is 10.3. The molecule has 2 heteroatoms. The number of unbranched alkanes of at least 4 members (excludes halogenated alkanes) is 1. The summed E-state index contributed by atoms with van der Waals surface area (Å²) in [6, 6.07) is 0. The average molecular weight is 376 g/mol. The molecule has 2 aliphatic rings. The van der Waals surface area contributed by atoms with Gasteiger partial charge in [-0.2, -0.15) is 0 Å². The van der Waals surface area contributed by atoms with E-state index in [2.05, 4.69) is 13.0 Å². The van der Waals surface area contributed by atoms with Gasteiger partial charge in [0.2, 0.25) is 0 Å². The molecule has 0 saturated carbocycles. The molecular formula is C16H26Se2. The topological polar surface area (TPSA) is 0 Å². The number of hydrogen-bond donors (Lipinski definition) is 0. The van der Waals surface area contributed by atoms with Crippen molar-refractivity contribution < 1.29 is 0 Å². The zero-order chi connectivity index (χ0) is 12.6. The van der Waals surface area contributed by atoms with E-state index >= 15 is 0 Å². The molecule has 0 unspecified atom stereocenters. The molecule has 0 N–H and O–H groups in total. The third-order valence-electron chi connectivity index (χ3n) is 3.65. The summed E-state index contributed by atoms with van der Waals surface area (Å²) < 4.78 is 5.70. The van der Waals surface area contributed by atoms with Crippen LogP contribution in [0.3, 0.4) is 0 Å². The van der Waals surface area contributed by atoms with Crippen molar-refractivity contribution in [3.8, 4) is 0 Å². The molecule has 0 nitrogen and oxygen atoms in total. The van der Waals surface area contributed by atoms with E-state index in [1.165, 1.54) is 69.5 Å². The molecule has 2 rings (SSSR count). The standard InChI is InChI=1S/C16H26Se2/c1-2-3-13-17-15-11-7-8-12-16(15)18-14-9-5-4-6-10-14/h9H,2-8,10-13H2,1H3. The Morgan fingerprint density at radius 1 is 1.00 bits per heavy atom. The molecule has 0 fully saturated rings. The normalized spacial score (nSPS) is 21.1. The molecule has 102 valence electrons. The predicted octanol–water partition coefficient (Wildman–Crippen LogP) is 4.86. The zero-order valence-electron chi connectivity index (χ0n) is 11.7. The van der Waals surface area contributed by atoms with E-state index in [-0.39, 0.29) is 0 Å². The molecule has 0 radical (unpaired) electrons. The van der Waals surface area contributed by atoms with Crippen LogP contribution < -0.4 is 0 Å². The van der Waals surface area contributed by atoms with Crippen LogP contribution in [0, 0.1) is 0 Å². The monoisotopic (exact) mass is 378 g/mol. The SMILES string of the molecule is CCCC[Se]C1=C([Se]C2=CCCCC2)CCCC1. The van der Waals surface area contributed by atoms with Gasteiger partial charge in [-0.15, -0.1) is 0 Å². The third kappa shape index (κ3) is 4.89. The van der Waals surface area contributed by atoms with Crippen molar-refractivity contribution in [2.24, 2.45) is 0 Å². The van der Waals surface area contributed by atoms with Crippen LogP contribution in [0.15, 0.2) is 19.5 Å². The Balaban J connectivity index is 1.93. The van der Waals surface area contributed by atoms with Crippen LogP contribution in [-0.4, -0.2) is 29.9 Å². The first-order valence-electron chi connectivity index (χ1n) is 7.62. The quantitative estimate of drug-likeness (QED) is 0.459. The number of allylic oxidation sites excluding steroid dienone is 4. The molecule has 0 aromatic carbocycles. The molecule has 18 heavy (non-hydrogen) atoms. The van der Waals surface area contributed by atoms with E-state index < -0.39 is 0 Å². The molecule has 0 aromatic rings. The van der Waals surface area contributed by atoms with E-state index in [1.54, 1.807) is 0 Å². The Hall–Kier alpha value is 0.519. The first-order valence-corrected chi connectivity index (χ1v) is 11.4. The Bertz CT molecular complexity index is 315. The van der Waals surface area contributed by atoms with Crippen LogP contribution in [0.25, 0.3) is 0 Å². The first kappa shape index (κ1) is 14.9. The van der Waals surface area contributed by atoms with E-state index in [9.17, 15) is 0 Å². The molecule has 0 saturated heterocycles. The van der Waals surface area contributed by atoms with Gasteiger partial charge in [-0.3, -0.25) is 0 Å². The average Bonchev–Trinajstić information content (AvgIpc) is 2.42. The zero-order valence-corrected chi connectivity index (χ0v) is 15.1. The molecule has 0 spiro atoms. The van der Waals surface area contributed by atoms with Crippen molar-refractivity contribution in [3.63, 3.8) is 0 Å². The Morgan fingerprint density at radius 2 is 1.78 bits per heavy atom. The van der Waals surface area contributed by atoms with E-state index in [0.717, 1.165) is 29.9 Å². The summed E-state index contributed by atoms with van der Waals surface area (Å²) in [7, 11) is 0. The maximum atomic E-state index is 2.57. The van der Waals surface area contributed by atoms with Gasteiger partial charge in [-0.05, 0) is 0 Å². The summed E-state index contributed by atoms with van der Waals surface area (Å²) in [6.07, 6.45) is 16.9. The van der Waals surface area contributed by atoms with Gasteiger partial charge in [0.05, 0.1) is 0 Å². The van der Waals surface area contributed by atoms with Crippen LogP contribution in [0.1, 0.15) is 71.1 Å². The van der Waals surface area contributed by atoms with E-state index in [1.807, 2.05) is 13.4 Å². The fraction of sp³-hybridized carbons (Fsp3) is 0.750. The summed E-state index contributed by atoms with van der Waals surface area (Å²) in [5, 5.41) is 1.50. The molecule has 0 aromatic heterocycles. The maximum absolute atomic E-state index is 2.57. The van der Waals surface area contributed by atoms with Crippen LogP contribution in [0.5, 0.6) is 0 Å². The second-order valence-electron chi connectivity index (χ2n) is 5.27. The van der Waals surface area contributed by atoms with Crippen molar-refractivity contribution in [3.05, 3.63) is 19.5 Å². The van der Waals surface area contributed by atoms with Gasteiger partial charge in [0, 0.05) is 0 Å². The van der Waals surface area contributed by atoms with Gasteiger partial charge in [-0.25, -0.2) is 0 Å². The minimum absolute atomic E-state index is 0.740. The van der Waals surface area contributed by atoms with Gasteiger partial charge >= 0.3 is 126 Å². The summed E-state index contributed by atoms with van der Waals surface area (Å²) >= 11 is 1.58. The van der Waals surface area contributed by atoms with Gasteiger partial charge < -0.3 is 0 Å². The molecule has 0 atom stereocenters. The van der Waals surface area contributed by atoms with Crippen LogP contribution >= 0.6 is 0 Å². The number of hydrogen-bond acceptors (Lipinski definition) is 0. The second kappa shape index (κ2) is 8.64. The van der Waals surface area contributed by atoms with Crippen molar-refractivity contribution in [2.45, 2.75) is 76.5 Å². The summed E-state index contributed by atoms with van der Waals surface area (Å²) in [5.74, 6) is 0. The molecule has 0 amide bonds. The van der Waals surface area contributed by atoms with Crippen LogP contribution in [0.4, 0.5) is 0 Å². The molecule has 2 aliphatic carbocycles. The Labute approximate surface area is 125 Å². The van der Waals surface area contributed by atoms with Gasteiger partial charge in [-0.1, -0.05) is 0 Å². The van der Waals surface area contributed by atoms with Crippen LogP contribution in [-0.2, 0) is 0 Å². The summed E-state index contributed by atoms with van der Waals surface area (Å²) in [4.78, 5) is 0. The number of rotatable bonds is 6. The van der Waals surface area contributed by atoms with E-state index in [0.29, 0.717) is 0 Å². The molecule has 0 heterocycles. The Morgan fingerprint density at radius 3 is 2.50 bits per heavy atom. The fourth-order valence-corrected chi connectivity index (χ4v) is 8.76.